The number of nitrogens with zero attached hydrogens (tertiary/aromatic N) is 1. The zero-order valence-corrected chi connectivity index (χ0v) is 12.7. The van der Waals surface area contributed by atoms with Crippen LogP contribution in [0.5, 0.6) is 11.5 Å². The van der Waals surface area contributed by atoms with E-state index in [9.17, 15) is 0 Å². The molecule has 0 radical (unpaired) electrons. The maximum atomic E-state index is 5.36. The smallest absolute Gasteiger partial charge is 0.162 e. The predicted octanol–water partition coefficient (Wildman–Crippen LogP) is 4.33. The molecule has 4 heteroatoms. The summed E-state index contributed by atoms with van der Waals surface area (Å²) in [6.07, 6.45) is 7.29. The Hall–Kier alpha value is -1.48. The van der Waals surface area contributed by atoms with Gasteiger partial charge < -0.3 is 9.47 Å². The van der Waals surface area contributed by atoms with Crippen LogP contribution in [0.25, 0.3) is 10.9 Å². The number of rotatable bonds is 3. The van der Waals surface area contributed by atoms with E-state index in [1.54, 1.807) is 14.2 Å². The largest absolute Gasteiger partial charge is 0.493 e. The Morgan fingerprint density at radius 2 is 1.65 bits per heavy atom. The molecule has 0 bridgehead atoms. The summed E-state index contributed by atoms with van der Waals surface area (Å²) in [6, 6.07) is 6.20. The molecule has 1 saturated carbocycles. The third kappa shape index (κ3) is 2.68. The van der Waals surface area contributed by atoms with Gasteiger partial charge in [-0.3, -0.25) is 4.98 Å². The molecule has 3 rings (SSSR count). The molecule has 0 saturated heterocycles. The number of methoxy groups -OCH3 is 2. The fraction of sp³-hybridized carbons (Fsp3) is 0.438. The predicted molar refractivity (Wildman–Crippen MR) is 83.3 cm³/mol. The van der Waals surface area contributed by atoms with Crippen LogP contribution in [-0.2, 0) is 0 Å². The Morgan fingerprint density at radius 3 is 2.30 bits per heavy atom. The molecule has 1 aliphatic carbocycles. The van der Waals surface area contributed by atoms with Crippen molar-refractivity contribution in [2.24, 2.45) is 0 Å². The lowest BCUT2D eigenvalue weighted by molar-refractivity contribution is 0.356. The molecule has 1 aliphatic rings. The third-order valence-corrected chi connectivity index (χ3v) is 4.03. The molecule has 0 N–H and O–H groups in total. The van der Waals surface area contributed by atoms with Crippen molar-refractivity contribution < 1.29 is 9.47 Å². The van der Waals surface area contributed by atoms with Crippen molar-refractivity contribution in [3.05, 3.63) is 30.0 Å². The average Bonchev–Trinajstić information content (AvgIpc) is 2.99. The number of pyridine rings is 1. The van der Waals surface area contributed by atoms with E-state index in [1.807, 2.05) is 18.3 Å². The quantitative estimate of drug-likeness (QED) is 0.844. The molecular formula is C16H20ClNO2. The number of hydrogen-bond donors (Lipinski definition) is 0. The highest BCUT2D eigenvalue weighted by Gasteiger charge is 2.18. The summed E-state index contributed by atoms with van der Waals surface area (Å²) in [6.45, 7) is 0. The van der Waals surface area contributed by atoms with E-state index in [-0.39, 0.29) is 12.4 Å². The van der Waals surface area contributed by atoms with Crippen LogP contribution in [0.15, 0.2) is 24.4 Å². The van der Waals surface area contributed by atoms with Gasteiger partial charge in [-0.25, -0.2) is 0 Å². The summed E-state index contributed by atoms with van der Waals surface area (Å²) in [5.74, 6) is 2.18. The molecule has 3 nitrogen and oxygen atoms in total. The van der Waals surface area contributed by atoms with Crippen molar-refractivity contribution >= 4 is 23.3 Å². The Kier molecular flexibility index (Phi) is 4.71. The fourth-order valence-corrected chi connectivity index (χ4v) is 2.95. The summed E-state index contributed by atoms with van der Waals surface area (Å²) < 4.78 is 10.7. The highest BCUT2D eigenvalue weighted by Crippen LogP contribution is 2.36. The zero-order valence-electron chi connectivity index (χ0n) is 11.9. The summed E-state index contributed by atoms with van der Waals surface area (Å²) in [4.78, 5) is 4.57. The number of benzene rings is 1. The molecule has 2 aromatic rings. The van der Waals surface area contributed by atoms with Crippen molar-refractivity contribution in [1.29, 1.82) is 0 Å². The molecule has 0 unspecified atom stereocenters. The van der Waals surface area contributed by atoms with E-state index in [2.05, 4.69) is 11.1 Å². The van der Waals surface area contributed by atoms with Gasteiger partial charge in [-0.15, -0.1) is 12.4 Å². The molecule has 0 spiro atoms. The minimum Gasteiger partial charge on any atom is -0.493 e. The number of hydrogen-bond acceptors (Lipinski definition) is 3. The first kappa shape index (κ1) is 14.9. The molecule has 0 aliphatic heterocycles. The minimum absolute atomic E-state index is 0. The zero-order chi connectivity index (χ0) is 13.2. The van der Waals surface area contributed by atoms with Gasteiger partial charge in [0.2, 0.25) is 0 Å². The van der Waals surface area contributed by atoms with Crippen LogP contribution >= 0.6 is 12.4 Å². The minimum atomic E-state index is 0. The monoisotopic (exact) mass is 293 g/mol. The summed E-state index contributed by atoms with van der Waals surface area (Å²) in [5.41, 5.74) is 2.32. The second kappa shape index (κ2) is 6.31. The number of halogens is 1. The van der Waals surface area contributed by atoms with E-state index in [0.29, 0.717) is 5.92 Å². The maximum Gasteiger partial charge on any atom is 0.162 e. The molecule has 1 heterocycles. The van der Waals surface area contributed by atoms with Gasteiger partial charge in [-0.2, -0.15) is 0 Å². The first-order valence-corrected chi connectivity index (χ1v) is 6.83. The SMILES string of the molecule is COc1cc2cc(C3CCCC3)cnc2cc1OC.Cl. The third-order valence-electron chi connectivity index (χ3n) is 4.03. The molecule has 1 aromatic heterocycles. The van der Waals surface area contributed by atoms with Crippen LogP contribution in [0, 0.1) is 0 Å². The Morgan fingerprint density at radius 1 is 1.00 bits per heavy atom. The standard InChI is InChI=1S/C16H19NO2.ClH/c1-18-15-8-12-7-13(11-5-3-4-6-11)10-17-14(12)9-16(15)19-2;/h7-11H,3-6H2,1-2H3;1H. The maximum absolute atomic E-state index is 5.36. The van der Waals surface area contributed by atoms with Crippen LogP contribution < -0.4 is 9.47 Å². The van der Waals surface area contributed by atoms with Crippen LogP contribution in [0.1, 0.15) is 37.2 Å². The average molecular weight is 294 g/mol. The van der Waals surface area contributed by atoms with Gasteiger partial charge >= 0.3 is 0 Å². The van der Waals surface area contributed by atoms with Gasteiger partial charge in [0.1, 0.15) is 0 Å². The molecule has 0 amide bonds. The van der Waals surface area contributed by atoms with Gasteiger partial charge in [-0.1, -0.05) is 12.8 Å². The first-order valence-electron chi connectivity index (χ1n) is 6.83. The van der Waals surface area contributed by atoms with E-state index < -0.39 is 0 Å². The van der Waals surface area contributed by atoms with E-state index >= 15 is 0 Å². The number of ether oxygens (including phenoxy) is 2. The van der Waals surface area contributed by atoms with E-state index in [0.717, 1.165) is 22.4 Å². The van der Waals surface area contributed by atoms with Gasteiger partial charge in [-0.05, 0) is 36.5 Å². The summed E-state index contributed by atoms with van der Waals surface area (Å²) in [7, 11) is 3.31. The van der Waals surface area contributed by atoms with Crippen molar-refractivity contribution in [2.45, 2.75) is 31.6 Å². The van der Waals surface area contributed by atoms with Crippen LogP contribution in [0.4, 0.5) is 0 Å². The molecule has 1 fully saturated rings. The molecule has 20 heavy (non-hydrogen) atoms. The molecule has 0 atom stereocenters. The van der Waals surface area contributed by atoms with Gasteiger partial charge in [0.25, 0.3) is 0 Å². The van der Waals surface area contributed by atoms with E-state index in [1.165, 1.54) is 31.2 Å². The summed E-state index contributed by atoms with van der Waals surface area (Å²) in [5, 5.41) is 1.13. The van der Waals surface area contributed by atoms with Crippen molar-refractivity contribution in [2.75, 3.05) is 14.2 Å². The van der Waals surface area contributed by atoms with Gasteiger partial charge in [0.15, 0.2) is 11.5 Å². The van der Waals surface area contributed by atoms with Crippen molar-refractivity contribution in [1.82, 2.24) is 4.98 Å². The Bertz CT molecular complexity index is 594. The lowest BCUT2D eigenvalue weighted by Gasteiger charge is -2.12. The lowest BCUT2D eigenvalue weighted by Crippen LogP contribution is -1.95. The highest BCUT2D eigenvalue weighted by atomic mass is 35.5. The second-order valence-electron chi connectivity index (χ2n) is 5.15. The number of aromatic nitrogens is 1. The summed E-state index contributed by atoms with van der Waals surface area (Å²) >= 11 is 0. The lowest BCUT2D eigenvalue weighted by atomic mass is 9.98. The van der Waals surface area contributed by atoms with Crippen molar-refractivity contribution in [3.8, 4) is 11.5 Å². The molecular weight excluding hydrogens is 274 g/mol. The number of fused-ring (bicyclic) bond motifs is 1. The molecule has 1 aromatic carbocycles. The second-order valence-corrected chi connectivity index (χ2v) is 5.15. The fourth-order valence-electron chi connectivity index (χ4n) is 2.95. The van der Waals surface area contributed by atoms with Gasteiger partial charge in [0, 0.05) is 17.6 Å². The van der Waals surface area contributed by atoms with E-state index in [4.69, 9.17) is 9.47 Å². The normalized spacial score (nSPS) is 15.1. The van der Waals surface area contributed by atoms with Gasteiger partial charge in [0.05, 0.1) is 19.7 Å². The van der Waals surface area contributed by atoms with Crippen LogP contribution in [0.2, 0.25) is 0 Å². The van der Waals surface area contributed by atoms with Crippen LogP contribution in [-0.4, -0.2) is 19.2 Å². The Balaban J connectivity index is 0.00000147. The van der Waals surface area contributed by atoms with Crippen molar-refractivity contribution in [3.63, 3.8) is 0 Å². The highest BCUT2D eigenvalue weighted by molar-refractivity contribution is 5.85. The molecule has 108 valence electrons. The topological polar surface area (TPSA) is 31.4 Å². The Labute approximate surface area is 125 Å². The van der Waals surface area contributed by atoms with Crippen LogP contribution in [0.3, 0.4) is 0 Å². The first-order chi connectivity index (χ1) is 9.31.